The van der Waals surface area contributed by atoms with Crippen molar-refractivity contribution < 1.29 is 9.59 Å². The first-order chi connectivity index (χ1) is 10.3. The molecule has 2 bridgehead atoms. The number of likely N-dealkylation sites (tertiary alicyclic amines) is 1. The zero-order valence-corrected chi connectivity index (χ0v) is 13.6. The summed E-state index contributed by atoms with van der Waals surface area (Å²) in [5.41, 5.74) is 0.898. The summed E-state index contributed by atoms with van der Waals surface area (Å²) in [4.78, 5) is 26.5. The largest absolute Gasteiger partial charge is 0.324 e. The van der Waals surface area contributed by atoms with Gasteiger partial charge in [-0.2, -0.15) is 0 Å². The molecule has 2 atom stereocenters. The lowest BCUT2D eigenvalue weighted by Gasteiger charge is -2.44. The molecular weight excluding hydrogens is 276 g/mol. The Morgan fingerprint density at radius 2 is 1.86 bits per heavy atom. The van der Waals surface area contributed by atoms with E-state index in [1.807, 2.05) is 11.0 Å². The Bertz CT molecular complexity index is 596. The third kappa shape index (κ3) is 2.40. The van der Waals surface area contributed by atoms with E-state index >= 15 is 0 Å². The number of imide groups is 1. The molecular formula is C18H24N2O2. The van der Waals surface area contributed by atoms with Crippen molar-refractivity contribution in [1.29, 1.82) is 0 Å². The highest BCUT2D eigenvalue weighted by Gasteiger charge is 2.54. The molecule has 1 aromatic rings. The Morgan fingerprint density at radius 3 is 2.50 bits per heavy atom. The first-order valence-electron chi connectivity index (χ1n) is 7.99. The van der Waals surface area contributed by atoms with Crippen molar-refractivity contribution in [2.75, 3.05) is 6.54 Å². The van der Waals surface area contributed by atoms with E-state index in [2.05, 4.69) is 26.1 Å². The zero-order valence-electron chi connectivity index (χ0n) is 13.6. The second-order valence-corrected chi connectivity index (χ2v) is 7.59. The van der Waals surface area contributed by atoms with Crippen LogP contribution in [0.25, 0.3) is 0 Å². The molecule has 118 valence electrons. The Hall–Kier alpha value is -1.84. The fourth-order valence-corrected chi connectivity index (χ4v) is 3.85. The van der Waals surface area contributed by atoms with Crippen LogP contribution >= 0.6 is 0 Å². The average Bonchev–Trinajstić information content (AvgIpc) is 2.80. The number of amides is 3. The minimum atomic E-state index is -0.323. The maximum absolute atomic E-state index is 12.5. The van der Waals surface area contributed by atoms with Crippen molar-refractivity contribution >= 4 is 11.9 Å². The van der Waals surface area contributed by atoms with Gasteiger partial charge in [-0.3, -0.25) is 10.1 Å². The fraction of sp³-hybridized carbons (Fsp3) is 0.556. The van der Waals surface area contributed by atoms with Gasteiger partial charge in [-0.25, -0.2) is 4.79 Å². The third-order valence-electron chi connectivity index (χ3n) is 5.90. The van der Waals surface area contributed by atoms with Crippen LogP contribution in [0.4, 0.5) is 4.79 Å². The highest BCUT2D eigenvalue weighted by molar-refractivity contribution is 6.04. The lowest BCUT2D eigenvalue weighted by molar-refractivity contribution is 0.0709. The first kappa shape index (κ1) is 15.1. The molecule has 0 aromatic heterocycles. The predicted molar refractivity (Wildman–Crippen MR) is 85.5 cm³/mol. The summed E-state index contributed by atoms with van der Waals surface area (Å²) < 4.78 is 0. The van der Waals surface area contributed by atoms with E-state index in [-0.39, 0.29) is 28.8 Å². The molecule has 1 aromatic carbocycles. The summed E-state index contributed by atoms with van der Waals surface area (Å²) in [6.45, 7) is 7.59. The van der Waals surface area contributed by atoms with Crippen molar-refractivity contribution in [3.05, 3.63) is 35.9 Å². The Kier molecular flexibility index (Phi) is 3.50. The van der Waals surface area contributed by atoms with Crippen LogP contribution in [0.3, 0.4) is 0 Å². The van der Waals surface area contributed by atoms with Gasteiger partial charge in [0.25, 0.3) is 5.91 Å². The number of urea groups is 1. The highest BCUT2D eigenvalue weighted by atomic mass is 16.2. The van der Waals surface area contributed by atoms with E-state index in [4.69, 9.17) is 0 Å². The lowest BCUT2D eigenvalue weighted by atomic mass is 9.60. The molecule has 1 aliphatic carbocycles. The predicted octanol–water partition coefficient (Wildman–Crippen LogP) is 3.44. The Morgan fingerprint density at radius 1 is 1.18 bits per heavy atom. The smallest absolute Gasteiger partial charge is 0.321 e. The van der Waals surface area contributed by atoms with Crippen LogP contribution in [0.1, 0.15) is 50.4 Å². The molecule has 22 heavy (non-hydrogen) atoms. The van der Waals surface area contributed by atoms with Crippen molar-refractivity contribution in [1.82, 2.24) is 10.2 Å². The summed E-state index contributed by atoms with van der Waals surface area (Å²) in [5.74, 6) is -0.323. The maximum Gasteiger partial charge on any atom is 0.324 e. The number of rotatable bonds is 1. The molecule has 2 aliphatic rings. The van der Waals surface area contributed by atoms with Crippen molar-refractivity contribution in [2.45, 2.75) is 46.1 Å². The number of fused-ring (bicyclic) bond motifs is 2. The first-order valence-corrected chi connectivity index (χ1v) is 7.99. The number of nitrogens with zero attached hydrogens (tertiary/aromatic N) is 1. The van der Waals surface area contributed by atoms with E-state index in [0.717, 1.165) is 25.8 Å². The number of carbonyl (C=O) groups excluding carboxylic acids is 2. The fourth-order valence-electron chi connectivity index (χ4n) is 3.85. The maximum atomic E-state index is 12.5. The molecule has 0 spiro atoms. The molecule has 4 heteroatoms. The number of benzene rings is 1. The molecule has 4 nitrogen and oxygen atoms in total. The molecule has 1 heterocycles. The van der Waals surface area contributed by atoms with Gasteiger partial charge in [-0.05, 0) is 42.2 Å². The van der Waals surface area contributed by atoms with E-state index < -0.39 is 0 Å². The molecule has 3 rings (SSSR count). The summed E-state index contributed by atoms with van der Waals surface area (Å²) in [7, 11) is 0. The SMILES string of the molecule is CC1(C)CC[C@@H]2C[C@@]1(C)CN2C(=O)NC(=O)c1ccccc1. The van der Waals surface area contributed by atoms with Crippen molar-refractivity contribution in [3.63, 3.8) is 0 Å². The highest BCUT2D eigenvalue weighted by Crippen LogP contribution is 2.55. The van der Waals surface area contributed by atoms with Crippen LogP contribution in [0.5, 0.6) is 0 Å². The topological polar surface area (TPSA) is 49.4 Å². The van der Waals surface area contributed by atoms with Crippen molar-refractivity contribution in [3.8, 4) is 0 Å². The van der Waals surface area contributed by atoms with Crippen LogP contribution < -0.4 is 5.32 Å². The molecule has 2 fully saturated rings. The zero-order chi connectivity index (χ0) is 16.0. The van der Waals surface area contributed by atoms with Crippen LogP contribution in [-0.4, -0.2) is 29.4 Å². The van der Waals surface area contributed by atoms with Gasteiger partial charge in [-0.15, -0.1) is 0 Å². The average molecular weight is 300 g/mol. The number of hydrogen-bond donors (Lipinski definition) is 1. The number of nitrogens with one attached hydrogen (secondary N) is 1. The summed E-state index contributed by atoms with van der Waals surface area (Å²) in [5, 5.41) is 2.54. The second kappa shape index (κ2) is 5.11. The van der Waals surface area contributed by atoms with Crippen LogP contribution in [0.2, 0.25) is 0 Å². The third-order valence-corrected chi connectivity index (χ3v) is 5.90. The molecule has 1 N–H and O–H groups in total. The summed E-state index contributed by atoms with van der Waals surface area (Å²) in [6, 6.07) is 8.90. The summed E-state index contributed by atoms with van der Waals surface area (Å²) in [6.07, 6.45) is 3.19. The van der Waals surface area contributed by atoms with Gasteiger partial charge in [0.1, 0.15) is 0 Å². The van der Waals surface area contributed by atoms with Gasteiger partial charge in [0, 0.05) is 18.2 Å². The number of carbonyl (C=O) groups is 2. The van der Waals surface area contributed by atoms with Gasteiger partial charge in [-0.1, -0.05) is 39.0 Å². The van der Waals surface area contributed by atoms with Gasteiger partial charge in [0.2, 0.25) is 0 Å². The Labute approximate surface area is 131 Å². The van der Waals surface area contributed by atoms with Gasteiger partial charge >= 0.3 is 6.03 Å². The normalized spacial score (nSPS) is 29.2. The molecule has 1 saturated heterocycles. The van der Waals surface area contributed by atoms with E-state index in [1.54, 1.807) is 24.3 Å². The van der Waals surface area contributed by atoms with Crippen molar-refractivity contribution in [2.24, 2.45) is 10.8 Å². The minimum Gasteiger partial charge on any atom is -0.321 e. The molecule has 1 saturated carbocycles. The second-order valence-electron chi connectivity index (χ2n) is 7.59. The lowest BCUT2D eigenvalue weighted by Crippen LogP contribution is -2.45. The van der Waals surface area contributed by atoms with E-state index in [0.29, 0.717) is 5.56 Å². The Balaban J connectivity index is 1.71. The van der Waals surface area contributed by atoms with Crippen LogP contribution in [0, 0.1) is 10.8 Å². The monoisotopic (exact) mass is 300 g/mol. The molecule has 0 unspecified atom stereocenters. The van der Waals surface area contributed by atoms with E-state index in [9.17, 15) is 9.59 Å². The molecule has 3 amide bonds. The summed E-state index contributed by atoms with van der Waals surface area (Å²) >= 11 is 0. The quantitative estimate of drug-likeness (QED) is 0.863. The standard InChI is InChI=1S/C18H24N2O2/c1-17(2)10-9-14-11-18(17,3)12-20(14)16(22)19-15(21)13-7-5-4-6-8-13/h4-8,14H,9-12H2,1-3H3,(H,19,21,22)/t14-,18+/m1/s1. The molecule has 1 aliphatic heterocycles. The molecule has 0 radical (unpaired) electrons. The van der Waals surface area contributed by atoms with E-state index in [1.165, 1.54) is 0 Å². The number of hydrogen-bond acceptors (Lipinski definition) is 2. The van der Waals surface area contributed by atoms with Gasteiger partial charge in [0.15, 0.2) is 0 Å². The van der Waals surface area contributed by atoms with Crippen LogP contribution in [0.15, 0.2) is 30.3 Å². The van der Waals surface area contributed by atoms with Gasteiger partial charge in [0.05, 0.1) is 0 Å². The minimum absolute atomic E-state index is 0.142. The van der Waals surface area contributed by atoms with Crippen LogP contribution in [-0.2, 0) is 0 Å². The van der Waals surface area contributed by atoms with Gasteiger partial charge < -0.3 is 4.90 Å².